The molecule has 0 spiro atoms. The van der Waals surface area contributed by atoms with Gasteiger partial charge in [-0.05, 0) is 103 Å². The Morgan fingerprint density at radius 1 is 0.833 bits per heavy atom. The lowest BCUT2D eigenvalue weighted by Crippen LogP contribution is -2.63. The number of hydrogen-bond acceptors (Lipinski definition) is 1. The molecule has 168 valence electrons. The van der Waals surface area contributed by atoms with Crippen molar-refractivity contribution in [1.29, 1.82) is 0 Å². The molecular formula is C29H46O. The van der Waals surface area contributed by atoms with Gasteiger partial charge in [-0.2, -0.15) is 0 Å². The van der Waals surface area contributed by atoms with E-state index >= 15 is 0 Å². The molecule has 0 aromatic heterocycles. The van der Waals surface area contributed by atoms with E-state index in [1.54, 1.807) is 0 Å². The van der Waals surface area contributed by atoms with Gasteiger partial charge < -0.3 is 0 Å². The van der Waals surface area contributed by atoms with E-state index in [2.05, 4.69) is 54.5 Å². The lowest BCUT2D eigenvalue weighted by atomic mass is 9.34. The van der Waals surface area contributed by atoms with E-state index in [1.165, 1.54) is 51.4 Å². The van der Waals surface area contributed by atoms with Gasteiger partial charge in [0, 0.05) is 11.8 Å². The molecule has 7 atom stereocenters. The molecule has 0 aromatic carbocycles. The lowest BCUT2D eigenvalue weighted by molar-refractivity contribution is -0.181. The number of carbonyl (C=O) groups is 1. The molecule has 5 aliphatic rings. The van der Waals surface area contributed by atoms with Crippen molar-refractivity contribution in [3.63, 3.8) is 0 Å². The van der Waals surface area contributed by atoms with Crippen LogP contribution in [0, 0.1) is 50.7 Å². The van der Waals surface area contributed by atoms with E-state index in [-0.39, 0.29) is 5.41 Å². The minimum atomic E-state index is -0.135. The molecule has 0 bridgehead atoms. The van der Waals surface area contributed by atoms with Crippen molar-refractivity contribution < 1.29 is 4.79 Å². The molecule has 0 N–H and O–H groups in total. The van der Waals surface area contributed by atoms with Crippen LogP contribution in [0.4, 0.5) is 0 Å². The molecule has 7 unspecified atom stereocenters. The number of hydrogen-bond donors (Lipinski definition) is 0. The fourth-order valence-electron chi connectivity index (χ4n) is 10.2. The average Bonchev–Trinajstić information content (AvgIpc) is 2.65. The zero-order chi connectivity index (χ0) is 21.7. The summed E-state index contributed by atoms with van der Waals surface area (Å²) in [7, 11) is 0. The molecule has 4 fully saturated rings. The molecule has 1 heteroatoms. The molecule has 5 aliphatic carbocycles. The maximum absolute atomic E-state index is 12.9. The number of carbonyl (C=O) groups excluding carboxylic acids is 1. The smallest absolute Gasteiger partial charge is 0.138 e. The summed E-state index contributed by atoms with van der Waals surface area (Å²) >= 11 is 0. The van der Waals surface area contributed by atoms with Crippen LogP contribution in [0.2, 0.25) is 0 Å². The van der Waals surface area contributed by atoms with Crippen molar-refractivity contribution in [2.45, 2.75) is 113 Å². The Bertz CT molecular complexity index is 786. The van der Waals surface area contributed by atoms with Gasteiger partial charge in [0.05, 0.1) is 0 Å². The summed E-state index contributed by atoms with van der Waals surface area (Å²) in [6.45, 7) is 17.5. The van der Waals surface area contributed by atoms with E-state index in [9.17, 15) is 4.79 Å². The molecule has 0 amide bonds. The maximum atomic E-state index is 12.9. The van der Waals surface area contributed by atoms with E-state index in [0.29, 0.717) is 33.4 Å². The molecule has 0 radical (unpaired) electrons. The first-order chi connectivity index (χ1) is 13.9. The van der Waals surface area contributed by atoms with Gasteiger partial charge in [0.15, 0.2) is 0 Å². The van der Waals surface area contributed by atoms with Crippen molar-refractivity contribution in [2.75, 3.05) is 0 Å². The van der Waals surface area contributed by atoms with Crippen LogP contribution in [0.25, 0.3) is 0 Å². The average molecular weight is 411 g/mol. The van der Waals surface area contributed by atoms with E-state index < -0.39 is 0 Å². The minimum Gasteiger partial charge on any atom is -0.299 e. The summed E-state index contributed by atoms with van der Waals surface area (Å²) in [4.78, 5) is 12.9. The predicted molar refractivity (Wildman–Crippen MR) is 125 cm³/mol. The standard InChI is InChI=1S/C29H46O/c1-25(2)14-10-19-11-16-28(6)21(20(19)18-25)8-9-23-27(5)15-13-24(30)26(3,4)22(27)12-17-29(23,28)7/h8,19-20,22-23H,9-18H2,1-7H3. The molecule has 0 aliphatic heterocycles. The van der Waals surface area contributed by atoms with Gasteiger partial charge in [0.25, 0.3) is 0 Å². The van der Waals surface area contributed by atoms with Crippen LogP contribution in [-0.4, -0.2) is 5.78 Å². The second-order valence-corrected chi connectivity index (χ2v) is 14.3. The molecule has 1 nitrogen and oxygen atoms in total. The first-order valence-corrected chi connectivity index (χ1v) is 13.1. The summed E-state index contributed by atoms with van der Waals surface area (Å²) in [5, 5.41) is 0. The number of allylic oxidation sites excluding steroid dienone is 2. The van der Waals surface area contributed by atoms with Crippen molar-refractivity contribution in [2.24, 2.45) is 50.7 Å². The van der Waals surface area contributed by atoms with Gasteiger partial charge in [-0.1, -0.05) is 60.1 Å². The van der Waals surface area contributed by atoms with Crippen LogP contribution in [0.5, 0.6) is 0 Å². The molecule has 30 heavy (non-hydrogen) atoms. The summed E-state index contributed by atoms with van der Waals surface area (Å²) in [6, 6.07) is 0. The van der Waals surface area contributed by atoms with Crippen molar-refractivity contribution >= 4 is 5.78 Å². The predicted octanol–water partition coefficient (Wildman–Crippen LogP) is 7.99. The highest BCUT2D eigenvalue weighted by atomic mass is 16.1. The summed E-state index contributed by atoms with van der Waals surface area (Å²) in [5.74, 6) is 3.60. The Hall–Kier alpha value is -0.590. The van der Waals surface area contributed by atoms with Crippen molar-refractivity contribution in [1.82, 2.24) is 0 Å². The Labute approximate surface area is 185 Å². The molecule has 0 saturated heterocycles. The molecule has 0 heterocycles. The molecule has 5 rings (SSSR count). The van der Waals surface area contributed by atoms with Crippen LogP contribution in [-0.2, 0) is 4.79 Å². The van der Waals surface area contributed by atoms with Gasteiger partial charge in [0.2, 0.25) is 0 Å². The Balaban J connectivity index is 1.56. The monoisotopic (exact) mass is 410 g/mol. The van der Waals surface area contributed by atoms with E-state index in [4.69, 9.17) is 0 Å². The molecule has 4 saturated carbocycles. The van der Waals surface area contributed by atoms with Crippen LogP contribution >= 0.6 is 0 Å². The number of rotatable bonds is 0. The molecule has 0 aromatic rings. The second-order valence-electron chi connectivity index (χ2n) is 14.3. The number of fused-ring (bicyclic) bond motifs is 7. The van der Waals surface area contributed by atoms with E-state index in [0.717, 1.165) is 30.6 Å². The zero-order valence-electron chi connectivity index (χ0n) is 20.9. The van der Waals surface area contributed by atoms with Gasteiger partial charge in [-0.15, -0.1) is 0 Å². The first-order valence-electron chi connectivity index (χ1n) is 13.1. The quantitative estimate of drug-likeness (QED) is 0.370. The van der Waals surface area contributed by atoms with Crippen molar-refractivity contribution in [3.8, 4) is 0 Å². The largest absolute Gasteiger partial charge is 0.299 e. The van der Waals surface area contributed by atoms with E-state index in [1.807, 2.05) is 5.57 Å². The second kappa shape index (κ2) is 6.26. The SMILES string of the molecule is CC1(C)CCC2CCC3(C)C(=CCC4C5(C)CCC(=O)C(C)(C)C5CCC43C)C2C1. The summed E-state index contributed by atoms with van der Waals surface area (Å²) in [6.07, 6.45) is 15.6. The first kappa shape index (κ1) is 21.3. The highest BCUT2D eigenvalue weighted by molar-refractivity contribution is 5.85. The third-order valence-corrected chi connectivity index (χ3v) is 12.2. The fraction of sp³-hybridized carbons (Fsp3) is 0.897. The van der Waals surface area contributed by atoms with Crippen LogP contribution in [0.1, 0.15) is 113 Å². The fourth-order valence-corrected chi connectivity index (χ4v) is 10.2. The third-order valence-electron chi connectivity index (χ3n) is 12.2. The van der Waals surface area contributed by atoms with Gasteiger partial charge in [-0.3, -0.25) is 4.79 Å². The van der Waals surface area contributed by atoms with Gasteiger partial charge >= 0.3 is 0 Å². The van der Waals surface area contributed by atoms with Gasteiger partial charge in [0.1, 0.15) is 5.78 Å². The Kier molecular flexibility index (Phi) is 4.43. The number of ketones is 1. The lowest BCUT2D eigenvalue weighted by Gasteiger charge is -2.69. The zero-order valence-corrected chi connectivity index (χ0v) is 20.9. The normalized spacial score (nSPS) is 51.7. The summed E-state index contributed by atoms with van der Waals surface area (Å²) in [5.41, 5.74) is 3.33. The topological polar surface area (TPSA) is 17.1 Å². The van der Waals surface area contributed by atoms with Crippen LogP contribution in [0.15, 0.2) is 11.6 Å². The van der Waals surface area contributed by atoms with Gasteiger partial charge in [-0.25, -0.2) is 0 Å². The van der Waals surface area contributed by atoms with Crippen LogP contribution in [0.3, 0.4) is 0 Å². The Morgan fingerprint density at radius 3 is 2.27 bits per heavy atom. The minimum absolute atomic E-state index is 0.135. The summed E-state index contributed by atoms with van der Waals surface area (Å²) < 4.78 is 0. The van der Waals surface area contributed by atoms with Crippen molar-refractivity contribution in [3.05, 3.63) is 11.6 Å². The highest BCUT2D eigenvalue weighted by Gasteiger charge is 2.66. The Morgan fingerprint density at radius 2 is 1.53 bits per heavy atom. The molecular weight excluding hydrogens is 364 g/mol. The highest BCUT2D eigenvalue weighted by Crippen LogP contribution is 2.74. The van der Waals surface area contributed by atoms with Crippen LogP contribution < -0.4 is 0 Å². The third kappa shape index (κ3) is 2.56. The maximum Gasteiger partial charge on any atom is 0.138 e. The number of Topliss-reactive ketones (excluding diaryl/α,β-unsaturated/α-hetero) is 1.